The molecule has 1 atom stereocenters. The smallest absolute Gasteiger partial charge is 0.159 e. The molecule has 1 aliphatic rings. The molecule has 3 aromatic carbocycles. The Kier molecular flexibility index (Phi) is 4.45. The SMILES string of the molecule is Cc1ccc(-c2ccccc2)c2c1C2(OBr)c1ccc(CO)c(CO)c1. The second-order valence-corrected chi connectivity index (χ2v) is 6.93. The molecule has 0 saturated heterocycles. The Labute approximate surface area is 161 Å². The van der Waals surface area contributed by atoms with Gasteiger partial charge in [0.15, 0.2) is 5.60 Å². The second-order valence-electron chi connectivity index (χ2n) is 6.60. The maximum Gasteiger partial charge on any atom is 0.159 e. The van der Waals surface area contributed by atoms with E-state index in [4.69, 9.17) is 3.83 Å². The van der Waals surface area contributed by atoms with Gasteiger partial charge in [0.05, 0.1) is 13.2 Å². The van der Waals surface area contributed by atoms with E-state index in [1.807, 2.05) is 36.4 Å². The highest BCUT2D eigenvalue weighted by molar-refractivity contribution is 9.06. The lowest BCUT2D eigenvalue weighted by atomic mass is 9.96. The van der Waals surface area contributed by atoms with Crippen molar-refractivity contribution in [1.82, 2.24) is 0 Å². The molecule has 0 aliphatic heterocycles. The topological polar surface area (TPSA) is 49.7 Å². The van der Waals surface area contributed by atoms with Crippen LogP contribution in [0.15, 0.2) is 60.7 Å². The minimum atomic E-state index is -0.670. The standard InChI is InChI=1S/C22H19BrO3/c1-14-7-10-19(15-5-3-2-4-6-15)21-20(14)22(21,26-23)18-9-8-16(12-24)17(11-18)13-25/h2-11,24-25H,12-13H2,1H3. The third-order valence-corrected chi connectivity index (χ3v) is 5.69. The minimum Gasteiger partial charge on any atom is -0.392 e. The van der Waals surface area contributed by atoms with Gasteiger partial charge in [-0.2, -0.15) is 0 Å². The number of aliphatic hydroxyl groups is 2. The van der Waals surface area contributed by atoms with Crippen LogP contribution in [-0.2, 0) is 22.6 Å². The third kappa shape index (κ3) is 2.45. The van der Waals surface area contributed by atoms with E-state index >= 15 is 0 Å². The highest BCUT2D eigenvalue weighted by atomic mass is 79.9. The van der Waals surface area contributed by atoms with Gasteiger partial charge in [0, 0.05) is 11.1 Å². The van der Waals surface area contributed by atoms with Gasteiger partial charge in [0.1, 0.15) is 16.3 Å². The largest absolute Gasteiger partial charge is 0.392 e. The molecule has 1 unspecified atom stereocenters. The second kappa shape index (κ2) is 6.63. The maximum atomic E-state index is 9.67. The molecule has 3 nitrogen and oxygen atoms in total. The van der Waals surface area contributed by atoms with E-state index < -0.39 is 5.60 Å². The molecule has 0 spiro atoms. The summed E-state index contributed by atoms with van der Waals surface area (Å²) in [6, 6.07) is 20.2. The van der Waals surface area contributed by atoms with Crippen LogP contribution >= 0.6 is 16.3 Å². The molecule has 0 saturated carbocycles. The van der Waals surface area contributed by atoms with E-state index in [1.54, 1.807) is 0 Å². The molecule has 2 N–H and O–H groups in total. The Hall–Kier alpha value is -1.98. The summed E-state index contributed by atoms with van der Waals surface area (Å²) in [6.45, 7) is 1.86. The first-order chi connectivity index (χ1) is 12.7. The lowest BCUT2D eigenvalue weighted by Gasteiger charge is -2.17. The van der Waals surface area contributed by atoms with Crippen LogP contribution in [0.3, 0.4) is 0 Å². The molecule has 26 heavy (non-hydrogen) atoms. The molecule has 0 fully saturated rings. The molecule has 4 rings (SSSR count). The normalized spacial score (nSPS) is 17.8. The summed E-state index contributed by atoms with van der Waals surface area (Å²) in [6.07, 6.45) is 0. The van der Waals surface area contributed by atoms with Gasteiger partial charge in [0.25, 0.3) is 0 Å². The van der Waals surface area contributed by atoms with Crippen LogP contribution in [0.1, 0.15) is 33.4 Å². The lowest BCUT2D eigenvalue weighted by molar-refractivity contribution is 0.255. The van der Waals surface area contributed by atoms with Gasteiger partial charge in [-0.1, -0.05) is 54.6 Å². The van der Waals surface area contributed by atoms with E-state index in [-0.39, 0.29) is 13.2 Å². The number of rotatable bonds is 5. The third-order valence-electron chi connectivity index (χ3n) is 5.21. The zero-order valence-corrected chi connectivity index (χ0v) is 16.0. The number of aliphatic hydroxyl groups excluding tert-OH is 2. The van der Waals surface area contributed by atoms with Crippen molar-refractivity contribution in [3.05, 3.63) is 94.0 Å². The highest BCUT2D eigenvalue weighted by Gasteiger charge is 2.56. The van der Waals surface area contributed by atoms with Crippen molar-refractivity contribution < 1.29 is 14.0 Å². The molecule has 0 radical (unpaired) electrons. The van der Waals surface area contributed by atoms with Crippen LogP contribution in [0.4, 0.5) is 0 Å². The summed E-state index contributed by atoms with van der Waals surface area (Å²) in [5.41, 5.74) is 7.45. The Balaban J connectivity index is 1.90. The van der Waals surface area contributed by atoms with Crippen molar-refractivity contribution in [2.24, 2.45) is 0 Å². The van der Waals surface area contributed by atoms with Gasteiger partial charge >= 0.3 is 0 Å². The van der Waals surface area contributed by atoms with Gasteiger partial charge in [-0.25, -0.2) is 0 Å². The zero-order chi connectivity index (χ0) is 18.3. The summed E-state index contributed by atoms with van der Waals surface area (Å²) in [4.78, 5) is 0. The van der Waals surface area contributed by atoms with Crippen LogP contribution in [0.5, 0.6) is 0 Å². The van der Waals surface area contributed by atoms with Crippen LogP contribution in [0, 0.1) is 6.92 Å². The van der Waals surface area contributed by atoms with Crippen molar-refractivity contribution in [1.29, 1.82) is 0 Å². The summed E-state index contributed by atoms with van der Waals surface area (Å²) < 4.78 is 5.89. The van der Waals surface area contributed by atoms with E-state index in [0.717, 1.165) is 38.9 Å². The number of benzene rings is 3. The van der Waals surface area contributed by atoms with E-state index in [9.17, 15) is 10.2 Å². The molecular weight excluding hydrogens is 392 g/mol. The molecule has 0 heterocycles. The lowest BCUT2D eigenvalue weighted by Crippen LogP contribution is -2.12. The van der Waals surface area contributed by atoms with Crippen molar-refractivity contribution in [3.63, 3.8) is 0 Å². The predicted octanol–water partition coefficient (Wildman–Crippen LogP) is 4.58. The summed E-state index contributed by atoms with van der Waals surface area (Å²) in [5, 5.41) is 19.1. The van der Waals surface area contributed by atoms with Gasteiger partial charge in [-0.15, -0.1) is 0 Å². The molecule has 1 aliphatic carbocycles. The van der Waals surface area contributed by atoms with E-state index in [1.165, 1.54) is 0 Å². The van der Waals surface area contributed by atoms with Crippen molar-refractivity contribution in [2.45, 2.75) is 25.7 Å². The monoisotopic (exact) mass is 410 g/mol. The fourth-order valence-corrected chi connectivity index (χ4v) is 4.36. The van der Waals surface area contributed by atoms with Crippen LogP contribution in [0.2, 0.25) is 0 Å². The fraction of sp³-hybridized carbons (Fsp3) is 0.182. The van der Waals surface area contributed by atoms with Crippen LogP contribution in [-0.4, -0.2) is 10.2 Å². The quantitative estimate of drug-likeness (QED) is 0.647. The van der Waals surface area contributed by atoms with Gasteiger partial charge in [-0.3, -0.25) is 3.83 Å². The highest BCUT2D eigenvalue weighted by Crippen LogP contribution is 2.61. The van der Waals surface area contributed by atoms with Crippen molar-refractivity contribution in [3.8, 4) is 11.1 Å². The predicted molar refractivity (Wildman–Crippen MR) is 105 cm³/mol. The molecule has 4 heteroatoms. The number of hydrogen-bond acceptors (Lipinski definition) is 3. The summed E-state index contributed by atoms with van der Waals surface area (Å²) in [5.74, 6) is 0. The first kappa shape index (κ1) is 17.4. The molecule has 0 bridgehead atoms. The van der Waals surface area contributed by atoms with Crippen LogP contribution in [0.25, 0.3) is 11.1 Å². The van der Waals surface area contributed by atoms with Crippen LogP contribution < -0.4 is 0 Å². The van der Waals surface area contributed by atoms with E-state index in [0.29, 0.717) is 5.56 Å². The first-order valence-corrected chi connectivity index (χ1v) is 9.15. The van der Waals surface area contributed by atoms with Gasteiger partial charge in [0.2, 0.25) is 0 Å². The Morgan fingerprint density at radius 3 is 2.27 bits per heavy atom. The van der Waals surface area contributed by atoms with Gasteiger partial charge in [-0.05, 0) is 46.4 Å². The van der Waals surface area contributed by atoms with Crippen molar-refractivity contribution >= 4 is 16.3 Å². The summed E-state index contributed by atoms with van der Waals surface area (Å²) in [7, 11) is 0. The Morgan fingerprint density at radius 2 is 1.62 bits per heavy atom. The molecular formula is C22H19BrO3. The minimum absolute atomic E-state index is 0.0976. The molecule has 0 aromatic heterocycles. The maximum absolute atomic E-state index is 9.67. The van der Waals surface area contributed by atoms with Gasteiger partial charge < -0.3 is 10.2 Å². The summed E-state index contributed by atoms with van der Waals surface area (Å²) >= 11 is 3.26. The number of fused-ring (bicyclic) bond motifs is 1. The Bertz CT molecular complexity index is 969. The molecule has 3 aromatic rings. The van der Waals surface area contributed by atoms with E-state index in [2.05, 4.69) is 47.4 Å². The number of aryl methyl sites for hydroxylation is 1. The Morgan fingerprint density at radius 1 is 0.885 bits per heavy atom. The molecule has 132 valence electrons. The zero-order valence-electron chi connectivity index (χ0n) is 14.4. The average molecular weight is 411 g/mol. The average Bonchev–Trinajstić information content (AvgIpc) is 3.39. The first-order valence-electron chi connectivity index (χ1n) is 8.51. The molecule has 0 amide bonds. The van der Waals surface area contributed by atoms with Crippen molar-refractivity contribution in [2.75, 3.05) is 0 Å². The number of halogens is 1. The number of hydrogen-bond donors (Lipinski definition) is 2. The fourth-order valence-electron chi connectivity index (χ4n) is 3.85.